The molecular weight excluding hydrogens is 303 g/mol. The number of hydrogen-bond acceptors (Lipinski definition) is 2. The molecule has 21 heavy (non-hydrogen) atoms. The van der Waals surface area contributed by atoms with Crippen LogP contribution in [-0.2, 0) is 16.2 Å². The van der Waals surface area contributed by atoms with Crippen LogP contribution in [-0.4, -0.2) is 14.5 Å². The third-order valence-corrected chi connectivity index (χ3v) is 4.57. The number of rotatable bonds is 5. The molecule has 0 saturated heterocycles. The first kappa shape index (κ1) is 17.5. The van der Waals surface area contributed by atoms with Crippen LogP contribution in [0.15, 0.2) is 23.1 Å². The highest BCUT2D eigenvalue weighted by molar-refractivity contribution is 7.89. The van der Waals surface area contributed by atoms with Crippen molar-refractivity contribution < 1.29 is 21.6 Å². The van der Waals surface area contributed by atoms with Crippen molar-refractivity contribution in [3.63, 3.8) is 0 Å². The predicted molar refractivity (Wildman–Crippen MR) is 74.0 cm³/mol. The van der Waals surface area contributed by atoms with Gasteiger partial charge in [0.05, 0.1) is 16.5 Å². The molecule has 1 aromatic carbocycles. The van der Waals surface area contributed by atoms with Crippen LogP contribution in [0.4, 0.5) is 13.2 Å². The summed E-state index contributed by atoms with van der Waals surface area (Å²) in [6, 6.07) is 2.30. The fourth-order valence-corrected chi connectivity index (χ4v) is 3.39. The molecule has 0 aromatic heterocycles. The molecule has 0 amide bonds. The lowest BCUT2D eigenvalue weighted by Crippen LogP contribution is -2.34. The number of sulfonamides is 1. The average molecular weight is 319 g/mol. The first-order chi connectivity index (χ1) is 9.63. The minimum atomic E-state index is -4.61. The number of halogens is 3. The van der Waals surface area contributed by atoms with E-state index in [0.29, 0.717) is 12.8 Å². The molecular formula is C14H16F3NO2S. The van der Waals surface area contributed by atoms with Crippen molar-refractivity contribution in [1.29, 1.82) is 0 Å². The summed E-state index contributed by atoms with van der Waals surface area (Å²) in [5.41, 5.74) is -1.32. The van der Waals surface area contributed by atoms with Crippen molar-refractivity contribution in [2.24, 2.45) is 0 Å². The van der Waals surface area contributed by atoms with Gasteiger partial charge in [-0.3, -0.25) is 0 Å². The second kappa shape index (κ2) is 6.50. The Labute approximate surface area is 122 Å². The second-order valence-electron chi connectivity index (χ2n) is 4.56. The SMILES string of the molecule is C#CC(CCC)NS(=O)(=O)c1cccc(C(F)(F)F)c1C. The molecule has 116 valence electrons. The standard InChI is InChI=1S/C14H16F3NO2S/c1-4-7-11(5-2)18-21(19,20)13-9-6-8-12(10(13)3)14(15,16)17/h2,6,8-9,11,18H,4,7H2,1,3H3. The van der Waals surface area contributed by atoms with Gasteiger partial charge in [-0.05, 0) is 31.0 Å². The van der Waals surface area contributed by atoms with Crippen molar-refractivity contribution in [3.8, 4) is 12.3 Å². The topological polar surface area (TPSA) is 46.2 Å². The molecule has 0 saturated carbocycles. The Hall–Kier alpha value is -1.52. The van der Waals surface area contributed by atoms with Gasteiger partial charge in [-0.1, -0.05) is 25.3 Å². The first-order valence-corrected chi connectivity index (χ1v) is 7.77. The number of alkyl halides is 3. The quantitative estimate of drug-likeness (QED) is 0.848. The van der Waals surface area contributed by atoms with Crippen LogP contribution in [0.5, 0.6) is 0 Å². The lowest BCUT2D eigenvalue weighted by atomic mass is 10.1. The number of benzene rings is 1. The molecule has 0 aliphatic heterocycles. The third kappa shape index (κ3) is 4.22. The molecule has 0 aliphatic carbocycles. The molecule has 1 rings (SSSR count). The lowest BCUT2D eigenvalue weighted by molar-refractivity contribution is -0.138. The molecule has 0 aliphatic rings. The number of nitrogens with one attached hydrogen (secondary N) is 1. The summed E-state index contributed by atoms with van der Waals surface area (Å²) in [5.74, 6) is 2.28. The fourth-order valence-electron chi connectivity index (χ4n) is 1.93. The third-order valence-electron chi connectivity index (χ3n) is 2.95. The Morgan fingerprint density at radius 2 is 2.00 bits per heavy atom. The maximum Gasteiger partial charge on any atom is 0.416 e. The molecule has 1 aromatic rings. The molecule has 1 N–H and O–H groups in total. The van der Waals surface area contributed by atoms with Crippen LogP contribution in [0.25, 0.3) is 0 Å². The van der Waals surface area contributed by atoms with Crippen molar-refractivity contribution in [2.75, 3.05) is 0 Å². The Bertz CT molecular complexity index is 645. The summed E-state index contributed by atoms with van der Waals surface area (Å²) in [6.45, 7) is 2.95. The van der Waals surface area contributed by atoms with Gasteiger partial charge in [-0.2, -0.15) is 17.9 Å². The van der Waals surface area contributed by atoms with Gasteiger partial charge in [-0.15, -0.1) is 6.42 Å². The summed E-state index contributed by atoms with van der Waals surface area (Å²) in [6.07, 6.45) is 1.68. The van der Waals surface area contributed by atoms with Crippen LogP contribution in [0.1, 0.15) is 30.9 Å². The molecule has 0 fully saturated rings. The minimum absolute atomic E-state index is 0.343. The first-order valence-electron chi connectivity index (χ1n) is 6.28. The number of hydrogen-bond donors (Lipinski definition) is 1. The van der Waals surface area contributed by atoms with Gasteiger partial charge in [0.25, 0.3) is 0 Å². The van der Waals surface area contributed by atoms with Gasteiger partial charge in [0.15, 0.2) is 0 Å². The normalized spacial score (nSPS) is 13.7. The molecule has 0 bridgehead atoms. The summed E-state index contributed by atoms with van der Waals surface area (Å²) in [7, 11) is -4.10. The van der Waals surface area contributed by atoms with E-state index in [1.165, 1.54) is 0 Å². The summed E-state index contributed by atoms with van der Waals surface area (Å²) >= 11 is 0. The zero-order chi connectivity index (χ0) is 16.3. The molecule has 7 heteroatoms. The summed E-state index contributed by atoms with van der Waals surface area (Å²) in [4.78, 5) is -0.409. The van der Waals surface area contributed by atoms with E-state index in [1.54, 1.807) is 0 Å². The Kier molecular flexibility index (Phi) is 5.42. The second-order valence-corrected chi connectivity index (χ2v) is 6.24. The van der Waals surface area contributed by atoms with Gasteiger partial charge in [0.1, 0.15) is 0 Å². The molecule has 3 nitrogen and oxygen atoms in total. The van der Waals surface area contributed by atoms with E-state index in [9.17, 15) is 21.6 Å². The highest BCUT2D eigenvalue weighted by Gasteiger charge is 2.34. The Morgan fingerprint density at radius 3 is 2.48 bits per heavy atom. The maximum absolute atomic E-state index is 12.8. The van der Waals surface area contributed by atoms with Crippen molar-refractivity contribution >= 4 is 10.0 Å². The molecule has 0 radical (unpaired) electrons. The van der Waals surface area contributed by atoms with E-state index in [2.05, 4.69) is 10.6 Å². The van der Waals surface area contributed by atoms with E-state index >= 15 is 0 Å². The highest BCUT2D eigenvalue weighted by Crippen LogP contribution is 2.34. The van der Waals surface area contributed by atoms with Crippen LogP contribution in [0.3, 0.4) is 0 Å². The zero-order valence-corrected chi connectivity index (χ0v) is 12.5. The summed E-state index contributed by atoms with van der Waals surface area (Å²) < 4.78 is 65.1. The largest absolute Gasteiger partial charge is 0.416 e. The van der Waals surface area contributed by atoms with Gasteiger partial charge in [0.2, 0.25) is 10.0 Å². The lowest BCUT2D eigenvalue weighted by Gasteiger charge is -2.17. The van der Waals surface area contributed by atoms with Gasteiger partial charge >= 0.3 is 6.18 Å². The fraction of sp³-hybridized carbons (Fsp3) is 0.429. The predicted octanol–water partition coefficient (Wildman–Crippen LogP) is 3.09. The molecule has 0 heterocycles. The van der Waals surface area contributed by atoms with Crippen LogP contribution in [0, 0.1) is 19.3 Å². The zero-order valence-electron chi connectivity index (χ0n) is 11.7. The smallest absolute Gasteiger partial charge is 0.207 e. The Balaban J connectivity index is 3.25. The van der Waals surface area contributed by atoms with Gasteiger partial charge in [-0.25, -0.2) is 8.42 Å². The van der Waals surface area contributed by atoms with Crippen LogP contribution < -0.4 is 4.72 Å². The van der Waals surface area contributed by atoms with Gasteiger partial charge < -0.3 is 0 Å². The van der Waals surface area contributed by atoms with E-state index in [-0.39, 0.29) is 5.56 Å². The molecule has 1 unspecified atom stereocenters. The monoisotopic (exact) mass is 319 g/mol. The average Bonchev–Trinajstić information content (AvgIpc) is 2.36. The van der Waals surface area contributed by atoms with E-state index in [1.807, 2.05) is 6.92 Å². The van der Waals surface area contributed by atoms with Crippen molar-refractivity contribution in [3.05, 3.63) is 29.3 Å². The van der Waals surface area contributed by atoms with E-state index in [4.69, 9.17) is 6.42 Å². The van der Waals surface area contributed by atoms with E-state index in [0.717, 1.165) is 25.1 Å². The van der Waals surface area contributed by atoms with Crippen molar-refractivity contribution in [2.45, 2.75) is 43.8 Å². The summed E-state index contributed by atoms with van der Waals surface area (Å²) in [5, 5.41) is 0. The highest BCUT2D eigenvalue weighted by atomic mass is 32.2. The Morgan fingerprint density at radius 1 is 1.38 bits per heavy atom. The van der Waals surface area contributed by atoms with Gasteiger partial charge in [0, 0.05) is 0 Å². The molecule has 0 spiro atoms. The van der Waals surface area contributed by atoms with Crippen molar-refractivity contribution in [1.82, 2.24) is 4.72 Å². The van der Waals surface area contributed by atoms with E-state index < -0.39 is 32.7 Å². The maximum atomic E-state index is 12.8. The van der Waals surface area contributed by atoms with Crippen LogP contribution in [0.2, 0.25) is 0 Å². The molecule has 1 atom stereocenters. The number of terminal acetylenes is 1. The van der Waals surface area contributed by atoms with Crippen LogP contribution >= 0.6 is 0 Å². The minimum Gasteiger partial charge on any atom is -0.207 e.